The normalized spacial score (nSPS) is 10.4. The van der Waals surface area contributed by atoms with Crippen LogP contribution in [0.15, 0.2) is 10.9 Å². The molecule has 0 aromatic carbocycles. The maximum Gasteiger partial charge on any atom is 0.356 e. The van der Waals surface area contributed by atoms with Crippen molar-refractivity contribution in [2.24, 2.45) is 0 Å². The van der Waals surface area contributed by atoms with Gasteiger partial charge in [0.05, 0.1) is 0 Å². The van der Waals surface area contributed by atoms with Gasteiger partial charge in [-0.25, -0.2) is 9.89 Å². The fourth-order valence-corrected chi connectivity index (χ4v) is 0.959. The van der Waals surface area contributed by atoms with Crippen LogP contribution in [0.2, 0.25) is 0 Å². The molecule has 0 aliphatic carbocycles. The summed E-state index contributed by atoms with van der Waals surface area (Å²) in [4.78, 5) is 21.6. The fourth-order valence-electron chi connectivity index (χ4n) is 0.959. The predicted molar refractivity (Wildman–Crippen MR) is 45.9 cm³/mol. The van der Waals surface area contributed by atoms with Gasteiger partial charge in [0.1, 0.15) is 0 Å². The molecule has 0 atom stereocenters. The van der Waals surface area contributed by atoms with E-state index >= 15 is 0 Å². The number of rotatable bonds is 2. The first-order chi connectivity index (χ1) is 6.02. The number of aromatic amines is 1. The highest BCUT2D eigenvalue weighted by Crippen LogP contribution is 2.08. The molecule has 5 nitrogen and oxygen atoms in total. The van der Waals surface area contributed by atoms with Crippen molar-refractivity contribution in [3.63, 3.8) is 0 Å². The predicted octanol–water partition coefficient (Wildman–Crippen LogP) is 0.592. The van der Waals surface area contributed by atoms with Crippen LogP contribution < -0.4 is 5.56 Å². The average molecular weight is 182 g/mol. The third-order valence-corrected chi connectivity index (χ3v) is 1.67. The Kier molecular flexibility index (Phi) is 2.46. The molecule has 0 aliphatic rings. The summed E-state index contributed by atoms with van der Waals surface area (Å²) in [5, 5.41) is 14.1. The Morgan fingerprint density at radius 3 is 2.69 bits per heavy atom. The molecule has 13 heavy (non-hydrogen) atoms. The van der Waals surface area contributed by atoms with E-state index in [9.17, 15) is 9.59 Å². The van der Waals surface area contributed by atoms with Gasteiger partial charge in [-0.15, -0.1) is 0 Å². The summed E-state index contributed by atoms with van der Waals surface area (Å²) >= 11 is 0. The Labute approximate surface area is 74.4 Å². The van der Waals surface area contributed by atoms with Gasteiger partial charge in [-0.3, -0.25) is 4.79 Å². The average Bonchev–Trinajstić information content (AvgIpc) is 2.04. The SMILES string of the molecule is CC(C)c1cc(C(=O)O)n[nH]c1=O. The van der Waals surface area contributed by atoms with Gasteiger partial charge < -0.3 is 5.11 Å². The lowest BCUT2D eigenvalue weighted by atomic mass is 10.1. The minimum Gasteiger partial charge on any atom is -0.476 e. The Morgan fingerprint density at radius 1 is 1.62 bits per heavy atom. The second-order valence-corrected chi connectivity index (χ2v) is 3.00. The zero-order valence-corrected chi connectivity index (χ0v) is 7.37. The molecule has 0 bridgehead atoms. The fraction of sp³-hybridized carbons (Fsp3) is 0.375. The van der Waals surface area contributed by atoms with Gasteiger partial charge >= 0.3 is 5.97 Å². The summed E-state index contributed by atoms with van der Waals surface area (Å²) < 4.78 is 0. The van der Waals surface area contributed by atoms with Crippen molar-refractivity contribution in [2.75, 3.05) is 0 Å². The van der Waals surface area contributed by atoms with Crippen molar-refractivity contribution in [3.05, 3.63) is 27.7 Å². The van der Waals surface area contributed by atoms with Crippen LogP contribution >= 0.6 is 0 Å². The van der Waals surface area contributed by atoms with Gasteiger partial charge in [0.25, 0.3) is 5.56 Å². The standard InChI is InChI=1S/C8H10N2O3/c1-4(2)5-3-6(8(12)13)9-10-7(5)11/h3-4H,1-2H3,(H,10,11)(H,12,13). The smallest absolute Gasteiger partial charge is 0.356 e. The van der Waals surface area contributed by atoms with E-state index in [1.807, 2.05) is 13.8 Å². The van der Waals surface area contributed by atoms with Crippen LogP contribution in [0.3, 0.4) is 0 Å². The molecular weight excluding hydrogens is 172 g/mol. The molecule has 70 valence electrons. The molecule has 1 heterocycles. The number of aromatic carboxylic acids is 1. The van der Waals surface area contributed by atoms with E-state index in [4.69, 9.17) is 5.11 Å². The molecule has 1 aromatic rings. The number of carbonyl (C=O) groups is 1. The maximum absolute atomic E-state index is 11.1. The van der Waals surface area contributed by atoms with Crippen molar-refractivity contribution in [1.82, 2.24) is 10.2 Å². The Hall–Kier alpha value is -1.65. The van der Waals surface area contributed by atoms with E-state index in [0.29, 0.717) is 5.56 Å². The largest absolute Gasteiger partial charge is 0.476 e. The molecule has 1 aromatic heterocycles. The van der Waals surface area contributed by atoms with Crippen LogP contribution in [0.4, 0.5) is 0 Å². The van der Waals surface area contributed by atoms with E-state index in [2.05, 4.69) is 10.2 Å². The number of aromatic nitrogens is 2. The van der Waals surface area contributed by atoms with Crippen LogP contribution in [-0.4, -0.2) is 21.3 Å². The first-order valence-electron chi connectivity index (χ1n) is 3.85. The molecule has 1 rings (SSSR count). The zero-order chi connectivity index (χ0) is 10.0. The zero-order valence-electron chi connectivity index (χ0n) is 7.37. The van der Waals surface area contributed by atoms with Gasteiger partial charge in [-0.2, -0.15) is 5.10 Å². The Bertz CT molecular complexity index is 381. The summed E-state index contributed by atoms with van der Waals surface area (Å²) in [5.74, 6) is -1.15. The minimum absolute atomic E-state index is 0.00940. The number of nitrogens with one attached hydrogen (secondary N) is 1. The van der Waals surface area contributed by atoms with Crippen LogP contribution in [0.5, 0.6) is 0 Å². The maximum atomic E-state index is 11.1. The lowest BCUT2D eigenvalue weighted by Gasteiger charge is -2.02. The van der Waals surface area contributed by atoms with Crippen LogP contribution in [-0.2, 0) is 0 Å². The second kappa shape index (κ2) is 3.38. The molecule has 0 radical (unpaired) electrons. The molecule has 0 spiro atoms. The highest BCUT2D eigenvalue weighted by Gasteiger charge is 2.10. The molecular formula is C8H10N2O3. The van der Waals surface area contributed by atoms with Crippen LogP contribution in [0.1, 0.15) is 35.8 Å². The van der Waals surface area contributed by atoms with E-state index in [0.717, 1.165) is 0 Å². The number of carboxylic acid groups (broad SMARTS) is 1. The van der Waals surface area contributed by atoms with E-state index in [-0.39, 0.29) is 17.2 Å². The lowest BCUT2D eigenvalue weighted by Crippen LogP contribution is -2.18. The molecule has 2 N–H and O–H groups in total. The minimum atomic E-state index is -1.14. The quantitative estimate of drug-likeness (QED) is 0.701. The molecule has 0 amide bonds. The first-order valence-corrected chi connectivity index (χ1v) is 3.85. The molecule has 0 unspecified atom stereocenters. The summed E-state index contributed by atoms with van der Waals surface area (Å²) in [7, 11) is 0. The van der Waals surface area contributed by atoms with Gasteiger partial charge in [-0.1, -0.05) is 13.8 Å². The van der Waals surface area contributed by atoms with Gasteiger partial charge in [0, 0.05) is 5.56 Å². The van der Waals surface area contributed by atoms with Crippen molar-refractivity contribution < 1.29 is 9.90 Å². The van der Waals surface area contributed by atoms with Crippen molar-refractivity contribution in [2.45, 2.75) is 19.8 Å². The van der Waals surface area contributed by atoms with Crippen molar-refractivity contribution in [1.29, 1.82) is 0 Å². The third-order valence-electron chi connectivity index (χ3n) is 1.67. The number of nitrogens with zero attached hydrogens (tertiary/aromatic N) is 1. The van der Waals surface area contributed by atoms with Gasteiger partial charge in [0.15, 0.2) is 5.69 Å². The summed E-state index contributed by atoms with van der Waals surface area (Å²) in [6, 6.07) is 1.30. The summed E-state index contributed by atoms with van der Waals surface area (Å²) in [5.41, 5.74) is -0.0318. The molecule has 0 saturated carbocycles. The van der Waals surface area contributed by atoms with Crippen molar-refractivity contribution >= 4 is 5.97 Å². The van der Waals surface area contributed by atoms with Crippen molar-refractivity contribution in [3.8, 4) is 0 Å². The monoisotopic (exact) mass is 182 g/mol. The Morgan fingerprint density at radius 2 is 2.23 bits per heavy atom. The van der Waals surface area contributed by atoms with Crippen LogP contribution in [0.25, 0.3) is 0 Å². The van der Waals surface area contributed by atoms with E-state index in [1.165, 1.54) is 6.07 Å². The first kappa shape index (κ1) is 9.44. The molecule has 0 aliphatic heterocycles. The molecule has 5 heteroatoms. The number of hydrogen-bond acceptors (Lipinski definition) is 3. The summed E-state index contributed by atoms with van der Waals surface area (Å²) in [6.45, 7) is 3.63. The topological polar surface area (TPSA) is 83.0 Å². The molecule has 0 fully saturated rings. The highest BCUT2D eigenvalue weighted by molar-refractivity contribution is 5.85. The highest BCUT2D eigenvalue weighted by atomic mass is 16.4. The lowest BCUT2D eigenvalue weighted by molar-refractivity contribution is 0.0689. The van der Waals surface area contributed by atoms with E-state index < -0.39 is 5.97 Å². The Balaban J connectivity index is 3.27. The number of H-pyrrole nitrogens is 1. The van der Waals surface area contributed by atoms with E-state index in [1.54, 1.807) is 0 Å². The number of hydrogen-bond donors (Lipinski definition) is 2. The third kappa shape index (κ3) is 1.93. The van der Waals surface area contributed by atoms with Crippen LogP contribution in [0, 0.1) is 0 Å². The van der Waals surface area contributed by atoms with Gasteiger partial charge in [-0.05, 0) is 12.0 Å². The number of carboxylic acids is 1. The summed E-state index contributed by atoms with van der Waals surface area (Å²) in [6.07, 6.45) is 0. The van der Waals surface area contributed by atoms with Gasteiger partial charge in [0.2, 0.25) is 0 Å². The second-order valence-electron chi connectivity index (χ2n) is 3.00. The molecule has 0 saturated heterocycles.